The highest BCUT2D eigenvalue weighted by Crippen LogP contribution is 2.30. The largest absolute Gasteiger partial charge is 0.451 e. The monoisotopic (exact) mass is 355 g/mol. The van der Waals surface area contributed by atoms with E-state index >= 15 is 0 Å². The number of hydrogen-bond acceptors (Lipinski definition) is 4. The molecule has 0 radical (unpaired) electrons. The van der Waals surface area contributed by atoms with Gasteiger partial charge in [0.2, 0.25) is 10.0 Å². The molecule has 1 saturated heterocycles. The molecular formula is C16H18ClNO4S. The lowest BCUT2D eigenvalue weighted by Crippen LogP contribution is -2.37. The number of hydrogen-bond donors (Lipinski definition) is 0. The van der Waals surface area contributed by atoms with Crippen LogP contribution in [0.4, 0.5) is 0 Å². The van der Waals surface area contributed by atoms with Crippen LogP contribution in [0.1, 0.15) is 35.9 Å². The van der Waals surface area contributed by atoms with Crippen molar-refractivity contribution < 1.29 is 17.6 Å². The second kappa shape index (κ2) is 5.92. The summed E-state index contributed by atoms with van der Waals surface area (Å²) in [6, 6.07) is 4.65. The molecule has 0 atom stereocenters. The number of aryl methyl sites for hydroxylation is 1. The van der Waals surface area contributed by atoms with Crippen LogP contribution in [-0.2, 0) is 10.0 Å². The van der Waals surface area contributed by atoms with E-state index < -0.39 is 15.3 Å². The average Bonchev–Trinajstić information content (AvgIpc) is 2.84. The summed E-state index contributed by atoms with van der Waals surface area (Å²) in [4.78, 5) is 11.6. The Morgan fingerprint density at radius 1 is 1.30 bits per heavy atom. The molecule has 1 aliphatic rings. The van der Waals surface area contributed by atoms with Crippen molar-refractivity contribution in [3.63, 3.8) is 0 Å². The highest BCUT2D eigenvalue weighted by atomic mass is 35.5. The molecule has 3 rings (SSSR count). The number of nitrogens with zero attached hydrogens (tertiary/aromatic N) is 1. The lowest BCUT2D eigenvalue weighted by atomic mass is 10.0. The van der Waals surface area contributed by atoms with Gasteiger partial charge in [0, 0.05) is 24.0 Å². The van der Waals surface area contributed by atoms with Crippen molar-refractivity contribution in [2.24, 2.45) is 5.92 Å². The molecule has 5 nitrogen and oxygen atoms in total. The van der Waals surface area contributed by atoms with Crippen LogP contribution >= 0.6 is 11.6 Å². The van der Waals surface area contributed by atoms with Crippen molar-refractivity contribution in [2.45, 2.75) is 31.6 Å². The number of halogens is 1. The number of piperidine rings is 1. The van der Waals surface area contributed by atoms with Crippen LogP contribution in [0, 0.1) is 12.8 Å². The first-order valence-corrected chi connectivity index (χ1v) is 9.35. The molecular weight excluding hydrogens is 338 g/mol. The van der Waals surface area contributed by atoms with Crippen LogP contribution in [0.2, 0.25) is 0 Å². The van der Waals surface area contributed by atoms with E-state index in [0.29, 0.717) is 35.5 Å². The van der Waals surface area contributed by atoms with Gasteiger partial charge in [0.15, 0.2) is 5.76 Å². The normalized spacial score (nSPS) is 17.7. The molecule has 0 amide bonds. The minimum Gasteiger partial charge on any atom is -0.451 e. The third-order valence-electron chi connectivity index (χ3n) is 4.47. The third kappa shape index (κ3) is 2.91. The molecule has 7 heteroatoms. The number of benzene rings is 1. The van der Waals surface area contributed by atoms with Crippen molar-refractivity contribution in [3.05, 3.63) is 29.5 Å². The summed E-state index contributed by atoms with van der Waals surface area (Å²) in [5, 5.41) is -0.0893. The number of sulfonamides is 1. The Morgan fingerprint density at radius 2 is 1.96 bits per heavy atom. The quantitative estimate of drug-likeness (QED) is 0.790. The fourth-order valence-electron chi connectivity index (χ4n) is 2.92. The molecule has 0 unspecified atom stereocenters. The van der Waals surface area contributed by atoms with E-state index in [0.717, 1.165) is 12.8 Å². The maximum Gasteiger partial charge on any atom is 0.288 e. The van der Waals surface area contributed by atoms with Gasteiger partial charge in [-0.2, -0.15) is 4.31 Å². The smallest absolute Gasteiger partial charge is 0.288 e. The Hall–Kier alpha value is -1.37. The zero-order valence-corrected chi connectivity index (χ0v) is 14.6. The van der Waals surface area contributed by atoms with Gasteiger partial charge in [-0.05, 0) is 55.5 Å². The number of carbonyl (C=O) groups excluding carboxylic acids is 1. The predicted octanol–water partition coefficient (Wildman–Crippen LogP) is 3.54. The molecule has 0 saturated carbocycles. The van der Waals surface area contributed by atoms with Crippen LogP contribution in [-0.4, -0.2) is 31.1 Å². The summed E-state index contributed by atoms with van der Waals surface area (Å²) in [7, 11) is -3.53. The Morgan fingerprint density at radius 3 is 2.57 bits per heavy atom. The molecule has 0 bridgehead atoms. The Balaban J connectivity index is 2.02. The van der Waals surface area contributed by atoms with Gasteiger partial charge in [0.1, 0.15) is 5.58 Å². The average molecular weight is 356 g/mol. The maximum atomic E-state index is 12.8. The summed E-state index contributed by atoms with van der Waals surface area (Å²) in [5.74, 6) is 0.611. The number of rotatable bonds is 3. The third-order valence-corrected chi connectivity index (χ3v) is 6.53. The van der Waals surface area contributed by atoms with Crippen molar-refractivity contribution >= 4 is 37.8 Å². The number of furan rings is 1. The lowest BCUT2D eigenvalue weighted by molar-refractivity contribution is 0.105. The van der Waals surface area contributed by atoms with Gasteiger partial charge < -0.3 is 4.42 Å². The molecule has 23 heavy (non-hydrogen) atoms. The first-order valence-electron chi connectivity index (χ1n) is 7.54. The molecule has 2 aromatic rings. The highest BCUT2D eigenvalue weighted by molar-refractivity contribution is 7.89. The molecule has 0 N–H and O–H groups in total. The van der Waals surface area contributed by atoms with E-state index in [1.165, 1.54) is 10.4 Å². The minimum atomic E-state index is -3.53. The SMILES string of the molecule is Cc1c(C(=O)Cl)oc2ccc(S(=O)(=O)N3CCC(C)CC3)cc12. The fraction of sp³-hybridized carbons (Fsp3) is 0.438. The summed E-state index contributed by atoms with van der Waals surface area (Å²) in [6.07, 6.45) is 1.74. The first kappa shape index (κ1) is 16.5. The Kier molecular flexibility index (Phi) is 4.25. The van der Waals surface area contributed by atoms with Crippen molar-refractivity contribution in [2.75, 3.05) is 13.1 Å². The van der Waals surface area contributed by atoms with Gasteiger partial charge in [0.25, 0.3) is 5.24 Å². The van der Waals surface area contributed by atoms with E-state index in [-0.39, 0.29) is 10.7 Å². The fourth-order valence-corrected chi connectivity index (χ4v) is 4.60. The van der Waals surface area contributed by atoms with Gasteiger partial charge in [-0.25, -0.2) is 8.42 Å². The molecule has 124 valence electrons. The summed E-state index contributed by atoms with van der Waals surface area (Å²) < 4.78 is 32.5. The summed E-state index contributed by atoms with van der Waals surface area (Å²) >= 11 is 5.49. The van der Waals surface area contributed by atoms with Crippen LogP contribution < -0.4 is 0 Å². The maximum absolute atomic E-state index is 12.8. The van der Waals surface area contributed by atoms with Gasteiger partial charge >= 0.3 is 0 Å². The van der Waals surface area contributed by atoms with Crippen LogP contribution in [0.5, 0.6) is 0 Å². The van der Waals surface area contributed by atoms with Gasteiger partial charge in [-0.1, -0.05) is 6.92 Å². The van der Waals surface area contributed by atoms with E-state index in [1.807, 2.05) is 0 Å². The molecule has 0 aliphatic carbocycles. The molecule has 1 fully saturated rings. The van der Waals surface area contributed by atoms with Crippen LogP contribution in [0.25, 0.3) is 11.0 Å². The number of fused-ring (bicyclic) bond motifs is 1. The first-order chi connectivity index (χ1) is 10.8. The van der Waals surface area contributed by atoms with Crippen LogP contribution in [0.15, 0.2) is 27.5 Å². The van der Waals surface area contributed by atoms with Crippen LogP contribution in [0.3, 0.4) is 0 Å². The summed E-state index contributed by atoms with van der Waals surface area (Å²) in [6.45, 7) is 4.91. The topological polar surface area (TPSA) is 67.6 Å². The predicted molar refractivity (Wildman–Crippen MR) is 88.3 cm³/mol. The van der Waals surface area contributed by atoms with E-state index in [9.17, 15) is 13.2 Å². The molecule has 1 aromatic heterocycles. The molecule has 1 aliphatic heterocycles. The zero-order valence-electron chi connectivity index (χ0n) is 13.0. The van der Waals surface area contributed by atoms with Gasteiger partial charge in [-0.15, -0.1) is 0 Å². The second-order valence-electron chi connectivity index (χ2n) is 6.07. The Bertz CT molecular complexity index is 864. The standard InChI is InChI=1S/C16H18ClNO4S/c1-10-5-7-18(8-6-10)23(20,21)12-3-4-14-13(9-12)11(2)15(22-14)16(17)19/h3-4,9-10H,5-8H2,1-2H3. The second-order valence-corrected chi connectivity index (χ2v) is 8.36. The minimum absolute atomic E-state index is 0.0583. The van der Waals surface area contributed by atoms with Gasteiger partial charge in [0.05, 0.1) is 4.90 Å². The van der Waals surface area contributed by atoms with Crippen molar-refractivity contribution in [3.8, 4) is 0 Å². The molecule has 0 spiro atoms. The summed E-state index contributed by atoms with van der Waals surface area (Å²) in [5.41, 5.74) is 1.02. The van der Waals surface area contributed by atoms with E-state index in [1.54, 1.807) is 19.1 Å². The zero-order chi connectivity index (χ0) is 16.8. The van der Waals surface area contributed by atoms with E-state index in [4.69, 9.17) is 16.0 Å². The highest BCUT2D eigenvalue weighted by Gasteiger charge is 2.29. The number of carbonyl (C=O) groups is 1. The van der Waals surface area contributed by atoms with Crippen molar-refractivity contribution in [1.29, 1.82) is 0 Å². The molecule has 1 aromatic carbocycles. The lowest BCUT2D eigenvalue weighted by Gasteiger charge is -2.29. The van der Waals surface area contributed by atoms with E-state index in [2.05, 4.69) is 6.92 Å². The Labute approximate surface area is 140 Å². The molecule has 2 heterocycles. The van der Waals surface area contributed by atoms with Gasteiger partial charge in [-0.3, -0.25) is 4.79 Å². The van der Waals surface area contributed by atoms with Crippen molar-refractivity contribution in [1.82, 2.24) is 4.31 Å².